The molecule has 3 aromatic rings. The fourth-order valence-electron chi connectivity index (χ4n) is 3.77. The number of aromatic nitrogens is 2. The number of benzene rings is 2. The summed E-state index contributed by atoms with van der Waals surface area (Å²) >= 11 is 0. The van der Waals surface area contributed by atoms with Gasteiger partial charge < -0.3 is 19.9 Å². The van der Waals surface area contributed by atoms with Crippen molar-refractivity contribution in [3.63, 3.8) is 0 Å². The fraction of sp³-hybridized carbons (Fsp3) is 0.286. The number of hydrogen-bond donors (Lipinski definition) is 2. The lowest BCUT2D eigenvalue weighted by molar-refractivity contribution is 0.179. The molecule has 0 bridgehead atoms. The van der Waals surface area contributed by atoms with Crippen molar-refractivity contribution in [1.82, 2.24) is 10.1 Å². The van der Waals surface area contributed by atoms with Gasteiger partial charge in [0, 0.05) is 34.9 Å². The molecule has 2 atom stereocenters. The highest BCUT2D eigenvalue weighted by atomic mass is 16.5. The van der Waals surface area contributed by atoms with Gasteiger partial charge in [-0.1, -0.05) is 23.4 Å². The van der Waals surface area contributed by atoms with Crippen LogP contribution in [0.15, 0.2) is 59.1 Å². The topological polar surface area (TPSA) is 89.3 Å². The van der Waals surface area contributed by atoms with Crippen LogP contribution in [0.1, 0.15) is 24.7 Å². The van der Waals surface area contributed by atoms with Crippen LogP contribution in [-0.4, -0.2) is 29.4 Å². The molecule has 142 valence electrons. The van der Waals surface area contributed by atoms with Crippen LogP contribution < -0.4 is 10.6 Å². The van der Waals surface area contributed by atoms with Crippen molar-refractivity contribution in [2.24, 2.45) is 5.41 Å². The maximum Gasteiger partial charge on any atom is 0.323 e. The molecule has 1 saturated carbocycles. The number of nitrogens with zero attached hydrogens (tertiary/aromatic N) is 2. The number of nitrogens with one attached hydrogen (secondary N) is 2. The average Bonchev–Trinajstić information content (AvgIpc) is 3.05. The number of carbonyl (C=O) groups is 1. The first kappa shape index (κ1) is 16.9. The van der Waals surface area contributed by atoms with Gasteiger partial charge in [-0.2, -0.15) is 4.98 Å². The van der Waals surface area contributed by atoms with Crippen molar-refractivity contribution in [2.75, 3.05) is 23.8 Å². The van der Waals surface area contributed by atoms with E-state index in [-0.39, 0.29) is 11.4 Å². The van der Waals surface area contributed by atoms with Crippen molar-refractivity contribution in [1.29, 1.82) is 0 Å². The maximum atomic E-state index is 12.1. The van der Waals surface area contributed by atoms with Crippen LogP contribution >= 0.6 is 0 Å². The second kappa shape index (κ2) is 6.76. The van der Waals surface area contributed by atoms with Gasteiger partial charge in [0.1, 0.15) is 0 Å². The summed E-state index contributed by atoms with van der Waals surface area (Å²) in [5.74, 6) is 1.58. The van der Waals surface area contributed by atoms with Gasteiger partial charge in [0.15, 0.2) is 0 Å². The Kier molecular flexibility index (Phi) is 4.09. The molecule has 2 unspecified atom stereocenters. The van der Waals surface area contributed by atoms with Gasteiger partial charge in [0.25, 0.3) is 0 Å². The Hall–Kier alpha value is -3.19. The Morgan fingerprint density at radius 2 is 1.79 bits per heavy atom. The summed E-state index contributed by atoms with van der Waals surface area (Å²) in [6.07, 6.45) is 2.13. The summed E-state index contributed by atoms with van der Waals surface area (Å²) in [6, 6.07) is 16.4. The largest absolute Gasteiger partial charge is 0.381 e. The van der Waals surface area contributed by atoms with E-state index in [4.69, 9.17) is 9.26 Å². The molecule has 7 heteroatoms. The molecule has 2 aromatic carbocycles. The second-order valence-corrected chi connectivity index (χ2v) is 7.40. The molecule has 28 heavy (non-hydrogen) atoms. The smallest absolute Gasteiger partial charge is 0.323 e. The maximum absolute atomic E-state index is 12.1. The number of para-hydroxylation sites is 1. The third-order valence-electron chi connectivity index (χ3n) is 5.50. The summed E-state index contributed by atoms with van der Waals surface area (Å²) in [7, 11) is 0. The summed E-state index contributed by atoms with van der Waals surface area (Å²) in [6.45, 7) is 1.62. The number of ether oxygens (including phenoxy) is 1. The lowest BCUT2D eigenvalue weighted by atomic mass is 10.0. The zero-order chi connectivity index (χ0) is 19.0. The molecule has 7 nitrogen and oxygen atoms in total. The van der Waals surface area contributed by atoms with E-state index in [1.54, 1.807) is 0 Å². The molecular formula is C21H20N4O3. The number of urea groups is 1. The van der Waals surface area contributed by atoms with Gasteiger partial charge in [0.05, 0.1) is 6.61 Å². The molecule has 2 fully saturated rings. The Morgan fingerprint density at radius 3 is 2.50 bits per heavy atom. The number of amides is 2. The molecule has 1 aromatic heterocycles. The van der Waals surface area contributed by atoms with Crippen molar-refractivity contribution >= 4 is 17.4 Å². The predicted molar refractivity (Wildman–Crippen MR) is 104 cm³/mol. The lowest BCUT2D eigenvalue weighted by Crippen LogP contribution is -2.19. The Balaban J connectivity index is 1.23. The van der Waals surface area contributed by atoms with E-state index < -0.39 is 0 Å². The van der Waals surface area contributed by atoms with Gasteiger partial charge in [-0.15, -0.1) is 0 Å². The number of hydrogen-bond acceptors (Lipinski definition) is 5. The fourth-order valence-corrected chi connectivity index (χ4v) is 3.77. The molecule has 1 spiro atoms. The summed E-state index contributed by atoms with van der Waals surface area (Å²) < 4.78 is 11.0. The van der Waals surface area contributed by atoms with Crippen molar-refractivity contribution in [3.8, 4) is 11.4 Å². The van der Waals surface area contributed by atoms with E-state index >= 15 is 0 Å². The van der Waals surface area contributed by atoms with E-state index in [1.165, 1.54) is 0 Å². The Labute approximate surface area is 162 Å². The molecule has 1 saturated heterocycles. The third-order valence-corrected chi connectivity index (χ3v) is 5.50. The van der Waals surface area contributed by atoms with Gasteiger partial charge in [-0.3, -0.25) is 0 Å². The summed E-state index contributed by atoms with van der Waals surface area (Å²) in [4.78, 5) is 16.6. The Bertz CT molecular complexity index is 978. The van der Waals surface area contributed by atoms with Gasteiger partial charge in [0.2, 0.25) is 11.7 Å². The summed E-state index contributed by atoms with van der Waals surface area (Å²) in [5.41, 5.74) is 2.50. The minimum absolute atomic E-state index is 0.226. The SMILES string of the molecule is O=C(Nc1ccccc1)Nc1ccc(-c2noc(C3CC34CCOC4)n2)cc1. The van der Waals surface area contributed by atoms with Crippen LogP contribution in [0.2, 0.25) is 0 Å². The second-order valence-electron chi connectivity index (χ2n) is 7.40. The van der Waals surface area contributed by atoms with Gasteiger partial charge in [-0.25, -0.2) is 4.79 Å². The highest BCUT2D eigenvalue weighted by molar-refractivity contribution is 5.99. The average molecular weight is 376 g/mol. The summed E-state index contributed by atoms with van der Waals surface area (Å²) in [5, 5.41) is 9.71. The van der Waals surface area contributed by atoms with Crippen LogP contribution in [-0.2, 0) is 4.74 Å². The minimum Gasteiger partial charge on any atom is -0.381 e. The monoisotopic (exact) mass is 376 g/mol. The zero-order valence-electron chi connectivity index (χ0n) is 15.2. The molecule has 2 N–H and O–H groups in total. The van der Waals surface area contributed by atoms with Gasteiger partial charge in [-0.05, 0) is 49.2 Å². The third kappa shape index (κ3) is 3.25. The minimum atomic E-state index is -0.293. The van der Waals surface area contributed by atoms with Crippen LogP contribution in [0.5, 0.6) is 0 Å². The molecule has 5 rings (SSSR count). The van der Waals surface area contributed by atoms with Crippen LogP contribution in [0, 0.1) is 5.41 Å². The normalized spacial score (nSPS) is 22.9. The van der Waals surface area contributed by atoms with Crippen molar-refractivity contribution in [2.45, 2.75) is 18.8 Å². The standard InChI is InChI=1S/C21H20N4O3/c26-20(22-15-4-2-1-3-5-15)23-16-8-6-14(7-9-16)18-24-19(28-25-18)17-12-21(17)10-11-27-13-21/h1-9,17H,10-13H2,(H2,22,23,26). The van der Waals surface area contributed by atoms with Gasteiger partial charge >= 0.3 is 6.03 Å². The van der Waals surface area contributed by atoms with E-state index in [1.807, 2.05) is 54.6 Å². The van der Waals surface area contributed by atoms with Crippen molar-refractivity contribution < 1.29 is 14.1 Å². The first-order chi connectivity index (χ1) is 13.7. The van der Waals surface area contributed by atoms with Crippen LogP contribution in [0.4, 0.5) is 16.2 Å². The zero-order valence-corrected chi connectivity index (χ0v) is 15.2. The van der Waals surface area contributed by atoms with Crippen molar-refractivity contribution in [3.05, 3.63) is 60.5 Å². The van der Waals surface area contributed by atoms with Crippen LogP contribution in [0.3, 0.4) is 0 Å². The van der Waals surface area contributed by atoms with E-state index in [0.29, 0.717) is 23.3 Å². The number of carbonyl (C=O) groups excluding carboxylic acids is 1. The molecule has 2 aliphatic rings. The van der Waals surface area contributed by atoms with E-state index in [9.17, 15) is 4.79 Å². The predicted octanol–water partition coefficient (Wildman–Crippen LogP) is 4.27. The molecule has 2 amide bonds. The molecular weight excluding hydrogens is 356 g/mol. The highest BCUT2D eigenvalue weighted by Crippen LogP contribution is 2.63. The molecule has 1 aliphatic heterocycles. The molecule has 0 radical (unpaired) electrons. The quantitative estimate of drug-likeness (QED) is 0.710. The Morgan fingerprint density at radius 1 is 1.04 bits per heavy atom. The molecule has 2 heterocycles. The first-order valence-electron chi connectivity index (χ1n) is 9.37. The number of anilines is 2. The lowest BCUT2D eigenvalue weighted by Gasteiger charge is -2.07. The highest BCUT2D eigenvalue weighted by Gasteiger charge is 2.59. The first-order valence-corrected chi connectivity index (χ1v) is 9.37. The molecule has 1 aliphatic carbocycles. The number of rotatable bonds is 4. The van der Waals surface area contributed by atoms with E-state index in [2.05, 4.69) is 20.8 Å². The van der Waals surface area contributed by atoms with Crippen LogP contribution in [0.25, 0.3) is 11.4 Å². The van der Waals surface area contributed by atoms with E-state index in [0.717, 1.165) is 37.3 Å².